The lowest BCUT2D eigenvalue weighted by atomic mass is 9.90. The molecule has 1 atom stereocenters. The fourth-order valence-electron chi connectivity index (χ4n) is 3.15. The number of nitrogens with two attached hydrogens (primary N) is 1. The van der Waals surface area contributed by atoms with E-state index in [-0.39, 0.29) is 12.2 Å². The number of halogens is 2. The Bertz CT molecular complexity index is 670. The van der Waals surface area contributed by atoms with Crippen molar-refractivity contribution in [1.29, 1.82) is 0 Å². The number of rotatable bonds is 4. The Kier molecular flexibility index (Phi) is 4.43. The molecule has 1 aliphatic rings. The highest BCUT2D eigenvalue weighted by molar-refractivity contribution is 5.64. The van der Waals surface area contributed by atoms with Crippen LogP contribution in [-0.4, -0.2) is 45.4 Å². The lowest BCUT2D eigenvalue weighted by molar-refractivity contribution is 0.0902. The van der Waals surface area contributed by atoms with E-state index in [0.717, 1.165) is 19.4 Å². The summed E-state index contributed by atoms with van der Waals surface area (Å²) in [6.45, 7) is 1.75. The predicted octanol–water partition coefficient (Wildman–Crippen LogP) is 1.64. The highest BCUT2D eigenvalue weighted by Gasteiger charge is 2.31. The summed E-state index contributed by atoms with van der Waals surface area (Å²) in [6, 6.07) is 3.78. The summed E-state index contributed by atoms with van der Waals surface area (Å²) in [7, 11) is 0. The van der Waals surface area contributed by atoms with Crippen LogP contribution in [0.3, 0.4) is 0 Å². The Balaban J connectivity index is 1.85. The molecule has 23 heavy (non-hydrogen) atoms. The molecule has 0 spiro atoms. The first-order chi connectivity index (χ1) is 11.0. The van der Waals surface area contributed by atoms with Crippen LogP contribution >= 0.6 is 0 Å². The molecular formula is C16H20F2N4O. The summed E-state index contributed by atoms with van der Waals surface area (Å²) in [6.07, 6.45) is 3.21. The average Bonchev–Trinajstić information content (AvgIpc) is 2.95. The highest BCUT2D eigenvalue weighted by Crippen LogP contribution is 2.29. The maximum absolute atomic E-state index is 14.0. The normalized spacial score (nSPS) is 22.4. The number of aliphatic hydroxyl groups excluding tert-OH is 1. The third-order valence-corrected chi connectivity index (χ3v) is 4.33. The van der Waals surface area contributed by atoms with Gasteiger partial charge >= 0.3 is 0 Å². The van der Waals surface area contributed by atoms with E-state index in [9.17, 15) is 13.9 Å². The van der Waals surface area contributed by atoms with Gasteiger partial charge in [0.2, 0.25) is 0 Å². The van der Waals surface area contributed by atoms with Crippen LogP contribution in [0.15, 0.2) is 24.4 Å². The predicted molar refractivity (Wildman–Crippen MR) is 82.5 cm³/mol. The molecule has 1 fully saturated rings. The molecule has 2 heterocycles. The molecule has 124 valence electrons. The van der Waals surface area contributed by atoms with E-state index < -0.39 is 17.2 Å². The summed E-state index contributed by atoms with van der Waals surface area (Å²) in [5, 5.41) is 16.1. The van der Waals surface area contributed by atoms with E-state index in [0.29, 0.717) is 24.3 Å². The summed E-state index contributed by atoms with van der Waals surface area (Å²) in [4.78, 5) is 2.08. The summed E-state index contributed by atoms with van der Waals surface area (Å²) >= 11 is 0. The highest BCUT2D eigenvalue weighted by atomic mass is 19.1. The smallest absolute Gasteiger partial charge is 0.135 e. The van der Waals surface area contributed by atoms with Gasteiger partial charge in [-0.05, 0) is 31.5 Å². The minimum atomic E-state index is -0.627. The largest absolute Gasteiger partial charge is 0.394 e. The van der Waals surface area contributed by atoms with Gasteiger partial charge in [0, 0.05) is 18.7 Å². The van der Waals surface area contributed by atoms with Gasteiger partial charge in [-0.25, -0.2) is 8.78 Å². The first kappa shape index (κ1) is 16.0. The monoisotopic (exact) mass is 322 g/mol. The van der Waals surface area contributed by atoms with Crippen molar-refractivity contribution in [2.45, 2.75) is 24.9 Å². The summed E-state index contributed by atoms with van der Waals surface area (Å²) in [5.41, 5.74) is 6.47. The minimum absolute atomic E-state index is 0.0797. The zero-order chi connectivity index (χ0) is 16.4. The number of nitrogens with one attached hydrogen (secondary N) is 1. The van der Waals surface area contributed by atoms with Crippen LogP contribution in [0, 0.1) is 11.6 Å². The van der Waals surface area contributed by atoms with Crippen LogP contribution < -0.4 is 5.73 Å². The Morgan fingerprint density at radius 2 is 2.09 bits per heavy atom. The van der Waals surface area contributed by atoms with E-state index in [2.05, 4.69) is 15.1 Å². The van der Waals surface area contributed by atoms with Gasteiger partial charge < -0.3 is 10.8 Å². The lowest BCUT2D eigenvalue weighted by Crippen LogP contribution is -2.56. The third-order valence-electron chi connectivity index (χ3n) is 4.33. The quantitative estimate of drug-likeness (QED) is 0.800. The molecule has 1 aliphatic heterocycles. The van der Waals surface area contributed by atoms with E-state index in [1.54, 1.807) is 6.20 Å². The van der Waals surface area contributed by atoms with Gasteiger partial charge in [-0.3, -0.25) is 10.00 Å². The Morgan fingerprint density at radius 3 is 2.78 bits per heavy atom. The first-order valence-corrected chi connectivity index (χ1v) is 7.61. The van der Waals surface area contributed by atoms with E-state index in [4.69, 9.17) is 5.73 Å². The number of hydrogen-bond donors (Lipinski definition) is 3. The van der Waals surface area contributed by atoms with Crippen LogP contribution in [0.2, 0.25) is 0 Å². The van der Waals surface area contributed by atoms with E-state index in [1.807, 2.05) is 0 Å². The molecule has 4 N–H and O–H groups in total. The van der Waals surface area contributed by atoms with Crippen LogP contribution in [-0.2, 0) is 6.54 Å². The number of aromatic nitrogens is 2. The van der Waals surface area contributed by atoms with E-state index in [1.165, 1.54) is 18.2 Å². The molecule has 0 amide bonds. The summed E-state index contributed by atoms with van der Waals surface area (Å²) in [5.74, 6) is -1.25. The van der Waals surface area contributed by atoms with Crippen molar-refractivity contribution in [1.82, 2.24) is 15.1 Å². The molecule has 1 aromatic heterocycles. The number of nitrogens with zero attached hydrogens (tertiary/aromatic N) is 2. The van der Waals surface area contributed by atoms with Crippen molar-refractivity contribution in [3.8, 4) is 11.3 Å². The number of aliphatic hydroxyl groups is 1. The van der Waals surface area contributed by atoms with Gasteiger partial charge in [-0.15, -0.1) is 0 Å². The Morgan fingerprint density at radius 1 is 1.35 bits per heavy atom. The van der Waals surface area contributed by atoms with Crippen molar-refractivity contribution in [2.24, 2.45) is 5.73 Å². The third kappa shape index (κ3) is 3.26. The van der Waals surface area contributed by atoms with Crippen LogP contribution in [0.5, 0.6) is 0 Å². The second-order valence-electron chi connectivity index (χ2n) is 6.20. The molecule has 0 radical (unpaired) electrons. The molecule has 1 aromatic carbocycles. The number of aromatic amines is 1. The molecule has 2 aromatic rings. The van der Waals surface area contributed by atoms with Crippen LogP contribution in [0.4, 0.5) is 8.78 Å². The topological polar surface area (TPSA) is 78.2 Å². The maximum atomic E-state index is 14.0. The Hall–Kier alpha value is -1.83. The van der Waals surface area contributed by atoms with Crippen molar-refractivity contribution < 1.29 is 13.9 Å². The van der Waals surface area contributed by atoms with Crippen molar-refractivity contribution in [3.05, 3.63) is 41.6 Å². The zero-order valence-corrected chi connectivity index (χ0v) is 12.7. The minimum Gasteiger partial charge on any atom is -0.394 e. The van der Waals surface area contributed by atoms with Gasteiger partial charge in [-0.1, -0.05) is 6.07 Å². The lowest BCUT2D eigenvalue weighted by Gasteiger charge is -2.39. The summed E-state index contributed by atoms with van der Waals surface area (Å²) < 4.78 is 28.0. The average molecular weight is 322 g/mol. The van der Waals surface area contributed by atoms with Crippen molar-refractivity contribution in [2.75, 3.05) is 19.7 Å². The van der Waals surface area contributed by atoms with E-state index >= 15 is 0 Å². The van der Waals surface area contributed by atoms with Crippen molar-refractivity contribution >= 4 is 0 Å². The number of piperidine rings is 1. The molecular weight excluding hydrogens is 302 g/mol. The molecule has 3 rings (SSSR count). The number of benzene rings is 1. The molecule has 0 aliphatic carbocycles. The van der Waals surface area contributed by atoms with Crippen LogP contribution in [0.25, 0.3) is 11.3 Å². The SMILES string of the molecule is NC1(CO)CCCN(Cc2cn[nH]c2-c2c(F)cccc2F)C1. The molecule has 1 saturated heterocycles. The standard InChI is InChI=1S/C16H20F2N4O/c17-12-3-1-4-13(18)14(12)15-11(7-20-21-15)8-22-6-2-5-16(19,9-22)10-23/h1,3-4,7,23H,2,5-6,8-10,19H2,(H,20,21). The molecule has 7 heteroatoms. The van der Waals surface area contributed by atoms with Crippen LogP contribution in [0.1, 0.15) is 18.4 Å². The fraction of sp³-hybridized carbons (Fsp3) is 0.438. The maximum Gasteiger partial charge on any atom is 0.135 e. The van der Waals surface area contributed by atoms with Gasteiger partial charge in [0.25, 0.3) is 0 Å². The van der Waals surface area contributed by atoms with Crippen molar-refractivity contribution in [3.63, 3.8) is 0 Å². The molecule has 0 saturated carbocycles. The fourth-order valence-corrected chi connectivity index (χ4v) is 3.15. The number of likely N-dealkylation sites (tertiary alicyclic amines) is 1. The molecule has 1 unspecified atom stereocenters. The first-order valence-electron chi connectivity index (χ1n) is 7.61. The number of hydrogen-bond acceptors (Lipinski definition) is 4. The van der Waals surface area contributed by atoms with Gasteiger partial charge in [0.15, 0.2) is 0 Å². The Labute approximate surface area is 133 Å². The second kappa shape index (κ2) is 6.35. The number of H-pyrrole nitrogens is 1. The second-order valence-corrected chi connectivity index (χ2v) is 6.20. The van der Waals surface area contributed by atoms with Gasteiger partial charge in [0.05, 0.1) is 29.6 Å². The van der Waals surface area contributed by atoms with Gasteiger partial charge in [0.1, 0.15) is 11.6 Å². The van der Waals surface area contributed by atoms with Gasteiger partial charge in [-0.2, -0.15) is 5.10 Å². The zero-order valence-electron chi connectivity index (χ0n) is 12.7. The molecule has 5 nitrogen and oxygen atoms in total. The molecule has 0 bridgehead atoms.